The molecule has 0 aromatic heterocycles. The van der Waals surface area contributed by atoms with Crippen LogP contribution >= 0.6 is 0 Å². The van der Waals surface area contributed by atoms with Gasteiger partial charge in [-0.25, -0.2) is 4.79 Å². The molecular formula is C13H16O3. The van der Waals surface area contributed by atoms with Gasteiger partial charge in [-0.15, -0.1) is 0 Å². The Kier molecular flexibility index (Phi) is 2.02. The van der Waals surface area contributed by atoms with Crippen molar-refractivity contribution in [2.75, 3.05) is 0 Å². The molecule has 4 aliphatic rings. The van der Waals surface area contributed by atoms with E-state index in [4.69, 9.17) is 4.74 Å². The van der Waals surface area contributed by atoms with Gasteiger partial charge in [-0.3, -0.25) is 0 Å². The molecule has 0 radical (unpaired) electrons. The van der Waals surface area contributed by atoms with E-state index in [0.29, 0.717) is 5.92 Å². The second kappa shape index (κ2) is 3.20. The monoisotopic (exact) mass is 220 g/mol. The highest BCUT2D eigenvalue weighted by molar-refractivity contribution is 5.86. The number of esters is 1. The molecule has 86 valence electrons. The number of ether oxygens (including phenoxy) is 1. The molecule has 3 atom stereocenters. The maximum absolute atomic E-state index is 11.3. The van der Waals surface area contributed by atoms with Crippen LogP contribution in [0, 0.1) is 11.8 Å². The highest BCUT2D eigenvalue weighted by Gasteiger charge is 2.49. The van der Waals surface area contributed by atoms with Crippen molar-refractivity contribution < 1.29 is 14.6 Å². The molecule has 3 heteroatoms. The molecule has 2 bridgehead atoms. The minimum absolute atomic E-state index is 0.0539. The number of carbonyl (C=O) groups excluding carboxylic acids is 1. The van der Waals surface area contributed by atoms with Gasteiger partial charge in [0.2, 0.25) is 5.79 Å². The first-order valence-corrected chi connectivity index (χ1v) is 5.94. The lowest BCUT2D eigenvalue weighted by atomic mass is 9.72. The van der Waals surface area contributed by atoms with Crippen molar-refractivity contribution >= 4 is 5.97 Å². The van der Waals surface area contributed by atoms with Gasteiger partial charge < -0.3 is 9.84 Å². The molecule has 0 aromatic carbocycles. The molecule has 3 nitrogen and oxygen atoms in total. The Balaban J connectivity index is 2.06. The van der Waals surface area contributed by atoms with Gasteiger partial charge >= 0.3 is 5.97 Å². The van der Waals surface area contributed by atoms with E-state index in [1.54, 1.807) is 0 Å². The van der Waals surface area contributed by atoms with E-state index in [9.17, 15) is 9.90 Å². The molecule has 16 heavy (non-hydrogen) atoms. The zero-order chi connectivity index (χ0) is 11.3. The normalized spacial score (nSPS) is 41.8. The molecule has 1 heterocycles. The van der Waals surface area contributed by atoms with Crippen molar-refractivity contribution in [3.8, 4) is 0 Å². The fourth-order valence-electron chi connectivity index (χ4n) is 3.21. The Morgan fingerprint density at radius 2 is 2.25 bits per heavy atom. The molecule has 0 amide bonds. The Bertz CT molecular complexity index is 407. The number of hydrogen-bond donors (Lipinski definition) is 1. The molecule has 0 spiro atoms. The molecule has 0 saturated heterocycles. The predicted molar refractivity (Wildman–Crippen MR) is 58.3 cm³/mol. The fourth-order valence-corrected chi connectivity index (χ4v) is 3.21. The van der Waals surface area contributed by atoms with E-state index in [2.05, 4.69) is 13.0 Å². The Morgan fingerprint density at radius 3 is 3.00 bits per heavy atom. The van der Waals surface area contributed by atoms with Gasteiger partial charge in [0.15, 0.2) is 0 Å². The number of carbonyl (C=O) groups is 1. The van der Waals surface area contributed by atoms with Crippen LogP contribution in [0.25, 0.3) is 0 Å². The summed E-state index contributed by atoms with van der Waals surface area (Å²) in [6, 6.07) is 0. The van der Waals surface area contributed by atoms with Crippen LogP contribution in [0.15, 0.2) is 23.3 Å². The largest absolute Gasteiger partial charge is 0.425 e. The first-order chi connectivity index (χ1) is 7.59. The lowest BCUT2D eigenvalue weighted by molar-refractivity contribution is -0.197. The second-order valence-corrected chi connectivity index (χ2v) is 5.12. The summed E-state index contributed by atoms with van der Waals surface area (Å²) in [7, 11) is 0. The van der Waals surface area contributed by atoms with Gasteiger partial charge in [0.1, 0.15) is 0 Å². The van der Waals surface area contributed by atoms with E-state index in [1.807, 2.05) is 0 Å². The minimum atomic E-state index is -1.34. The van der Waals surface area contributed by atoms with Gasteiger partial charge in [0.25, 0.3) is 0 Å². The van der Waals surface area contributed by atoms with Gasteiger partial charge in [-0.2, -0.15) is 0 Å². The Morgan fingerprint density at radius 1 is 1.44 bits per heavy atom. The van der Waals surface area contributed by atoms with Crippen LogP contribution in [-0.4, -0.2) is 16.9 Å². The fraction of sp³-hybridized carbons (Fsp3) is 0.615. The zero-order valence-electron chi connectivity index (χ0n) is 9.40. The van der Waals surface area contributed by atoms with Crippen LogP contribution in [0.5, 0.6) is 0 Å². The summed E-state index contributed by atoms with van der Waals surface area (Å²) in [5, 5.41) is 10.5. The van der Waals surface area contributed by atoms with E-state index in [0.717, 1.165) is 31.3 Å². The Hall–Kier alpha value is -1.09. The third kappa shape index (κ3) is 1.27. The first kappa shape index (κ1) is 10.1. The van der Waals surface area contributed by atoms with Crippen molar-refractivity contribution in [1.29, 1.82) is 0 Å². The smallest absolute Gasteiger partial charge is 0.333 e. The van der Waals surface area contributed by atoms with Crippen molar-refractivity contribution in [2.45, 2.75) is 38.4 Å². The molecule has 3 aliphatic carbocycles. The lowest BCUT2D eigenvalue weighted by Gasteiger charge is -2.39. The molecule has 1 saturated carbocycles. The average Bonchev–Trinajstić information content (AvgIpc) is 2.50. The second-order valence-electron chi connectivity index (χ2n) is 5.12. The van der Waals surface area contributed by atoms with Crippen LogP contribution in [-0.2, 0) is 9.53 Å². The maximum Gasteiger partial charge on any atom is 0.333 e. The molecular weight excluding hydrogens is 204 g/mol. The summed E-state index contributed by atoms with van der Waals surface area (Å²) < 4.78 is 5.14. The Labute approximate surface area is 94.8 Å². The number of rotatable bonds is 0. The van der Waals surface area contributed by atoms with Gasteiger partial charge in [-0.1, -0.05) is 11.6 Å². The summed E-state index contributed by atoms with van der Waals surface area (Å²) >= 11 is 0. The number of allylic oxidation sites excluding steroid dienone is 1. The number of aliphatic hydroxyl groups is 1. The molecule has 3 unspecified atom stereocenters. The molecule has 1 fully saturated rings. The topological polar surface area (TPSA) is 46.5 Å². The SMILES string of the molecule is CC1=CC2CCC1CCC1=CC(=O)OC12O. The molecule has 1 aliphatic heterocycles. The van der Waals surface area contributed by atoms with Crippen molar-refractivity contribution in [1.82, 2.24) is 0 Å². The van der Waals surface area contributed by atoms with Crippen molar-refractivity contribution in [3.63, 3.8) is 0 Å². The minimum Gasteiger partial charge on any atom is -0.425 e. The zero-order valence-corrected chi connectivity index (χ0v) is 9.40. The lowest BCUT2D eigenvalue weighted by Crippen LogP contribution is -2.43. The quantitative estimate of drug-likeness (QED) is 0.501. The summed E-state index contributed by atoms with van der Waals surface area (Å²) in [5.41, 5.74) is 2.11. The van der Waals surface area contributed by atoms with Crippen LogP contribution < -0.4 is 0 Å². The summed E-state index contributed by atoms with van der Waals surface area (Å²) in [5.74, 6) is -1.17. The predicted octanol–water partition coefficient (Wildman–Crippen LogP) is 1.92. The van der Waals surface area contributed by atoms with E-state index >= 15 is 0 Å². The molecule has 4 rings (SSSR count). The van der Waals surface area contributed by atoms with Crippen LogP contribution in [0.2, 0.25) is 0 Å². The number of fused-ring (bicyclic) bond motifs is 2. The van der Waals surface area contributed by atoms with Crippen LogP contribution in [0.3, 0.4) is 0 Å². The summed E-state index contributed by atoms with van der Waals surface area (Å²) in [6.07, 6.45) is 7.36. The third-order valence-corrected chi connectivity index (χ3v) is 4.21. The van der Waals surface area contributed by atoms with Crippen LogP contribution in [0.4, 0.5) is 0 Å². The summed E-state index contributed by atoms with van der Waals surface area (Å²) in [4.78, 5) is 11.3. The highest BCUT2D eigenvalue weighted by Crippen LogP contribution is 2.46. The first-order valence-electron chi connectivity index (χ1n) is 5.94. The number of hydrogen-bond acceptors (Lipinski definition) is 3. The highest BCUT2D eigenvalue weighted by atomic mass is 16.7. The molecule has 1 N–H and O–H groups in total. The molecule has 0 aromatic rings. The summed E-state index contributed by atoms with van der Waals surface area (Å²) in [6.45, 7) is 2.12. The van der Waals surface area contributed by atoms with Gasteiger partial charge in [0, 0.05) is 17.6 Å². The van der Waals surface area contributed by atoms with Gasteiger partial charge in [-0.05, 0) is 38.5 Å². The third-order valence-electron chi connectivity index (χ3n) is 4.21. The van der Waals surface area contributed by atoms with Gasteiger partial charge in [0.05, 0.1) is 0 Å². The average molecular weight is 220 g/mol. The van der Waals surface area contributed by atoms with Crippen LogP contribution in [0.1, 0.15) is 32.6 Å². The maximum atomic E-state index is 11.3. The van der Waals surface area contributed by atoms with E-state index < -0.39 is 11.8 Å². The van der Waals surface area contributed by atoms with Crippen molar-refractivity contribution in [2.24, 2.45) is 11.8 Å². The van der Waals surface area contributed by atoms with E-state index in [1.165, 1.54) is 11.6 Å². The standard InChI is InChI=1S/C13H16O3/c1-8-6-10-4-2-9(8)3-5-11-7-12(14)16-13(10,11)15/h6-7,9-10,15H,2-5H2,1H3. The van der Waals surface area contributed by atoms with E-state index in [-0.39, 0.29) is 5.92 Å². The van der Waals surface area contributed by atoms with Crippen molar-refractivity contribution in [3.05, 3.63) is 23.3 Å².